The smallest absolute Gasteiger partial charge is 0.383 e. The van der Waals surface area contributed by atoms with Crippen LogP contribution < -0.4 is 5.43 Å². The van der Waals surface area contributed by atoms with Gasteiger partial charge in [0.1, 0.15) is 6.54 Å². The van der Waals surface area contributed by atoms with Gasteiger partial charge in [-0.05, 0) is 35.7 Å². The predicted molar refractivity (Wildman–Crippen MR) is 94.2 cm³/mol. The molecule has 0 radical (unpaired) electrons. The molecule has 0 saturated carbocycles. The Morgan fingerprint density at radius 1 is 1.12 bits per heavy atom. The summed E-state index contributed by atoms with van der Waals surface area (Å²) in [6, 6.07) is 13.3. The Hall–Kier alpha value is -1.63. The molecule has 1 N–H and O–H groups in total. The van der Waals surface area contributed by atoms with Gasteiger partial charge in [0.25, 0.3) is 0 Å². The summed E-state index contributed by atoms with van der Waals surface area (Å²) >= 11 is 0. The summed E-state index contributed by atoms with van der Waals surface area (Å²) in [4.78, 5) is 0. The van der Waals surface area contributed by atoms with E-state index in [1.807, 2.05) is 56.3 Å². The number of alkyl halides is 3. The number of nitrogens with zero attached hydrogens (tertiary/aromatic N) is 1. The molecule has 2 atom stereocenters. The van der Waals surface area contributed by atoms with E-state index in [1.165, 1.54) is 12.1 Å². The Kier molecular flexibility index (Phi) is 6.81. The van der Waals surface area contributed by atoms with Crippen molar-refractivity contribution in [3.63, 3.8) is 0 Å². The fourth-order valence-electron chi connectivity index (χ4n) is 2.89. The second-order valence-corrected chi connectivity index (χ2v) is 6.22. The van der Waals surface area contributed by atoms with Crippen molar-refractivity contribution in [1.82, 2.24) is 10.4 Å². The van der Waals surface area contributed by atoms with Gasteiger partial charge in [0.2, 0.25) is 0 Å². The van der Waals surface area contributed by atoms with E-state index in [4.69, 9.17) is 4.74 Å². The van der Waals surface area contributed by atoms with Gasteiger partial charge < -0.3 is 4.74 Å². The summed E-state index contributed by atoms with van der Waals surface area (Å²) in [6.07, 6.45) is -3.72. The number of rotatable bonds is 8. The number of halogens is 3. The van der Waals surface area contributed by atoms with Crippen molar-refractivity contribution in [2.24, 2.45) is 0 Å². The van der Waals surface area contributed by atoms with Crippen LogP contribution in [0.3, 0.4) is 0 Å². The molecule has 0 aliphatic carbocycles. The van der Waals surface area contributed by atoms with Crippen molar-refractivity contribution in [2.75, 3.05) is 20.3 Å². The van der Waals surface area contributed by atoms with E-state index in [1.54, 1.807) is 0 Å². The maximum absolute atomic E-state index is 13.0. The second-order valence-electron chi connectivity index (χ2n) is 6.22. The van der Waals surface area contributed by atoms with E-state index in [2.05, 4.69) is 5.43 Å². The van der Waals surface area contributed by atoms with E-state index in [9.17, 15) is 13.2 Å². The summed E-state index contributed by atoms with van der Waals surface area (Å²) in [5.74, 6) is 0. The lowest BCUT2D eigenvalue weighted by atomic mass is 10.0. The SMILES string of the molecule is CC[C@H](COC)N(CC(F)(F)F)NC(C)c1ccc2ccccc2c1. The number of hydrazine groups is 1. The third kappa shape index (κ3) is 5.70. The van der Waals surface area contributed by atoms with Crippen LogP contribution in [0.2, 0.25) is 0 Å². The molecule has 2 aromatic carbocycles. The lowest BCUT2D eigenvalue weighted by molar-refractivity contribution is -0.163. The molecule has 6 heteroatoms. The number of benzene rings is 2. The molecule has 1 unspecified atom stereocenters. The van der Waals surface area contributed by atoms with Gasteiger partial charge in [-0.2, -0.15) is 13.2 Å². The van der Waals surface area contributed by atoms with Crippen LogP contribution in [-0.2, 0) is 4.74 Å². The van der Waals surface area contributed by atoms with Crippen LogP contribution in [0.1, 0.15) is 31.9 Å². The lowest BCUT2D eigenvalue weighted by Crippen LogP contribution is -2.52. The Labute approximate surface area is 146 Å². The summed E-state index contributed by atoms with van der Waals surface area (Å²) < 4.78 is 44.0. The van der Waals surface area contributed by atoms with Gasteiger partial charge in [-0.3, -0.25) is 0 Å². The molecule has 138 valence electrons. The normalized spacial score (nSPS) is 14.8. The topological polar surface area (TPSA) is 24.5 Å². The highest BCUT2D eigenvalue weighted by atomic mass is 19.4. The highest BCUT2D eigenvalue weighted by Crippen LogP contribution is 2.23. The molecule has 0 aliphatic heterocycles. The minimum Gasteiger partial charge on any atom is -0.383 e. The fourth-order valence-corrected chi connectivity index (χ4v) is 2.89. The molecule has 3 nitrogen and oxygen atoms in total. The molecule has 0 amide bonds. The zero-order chi connectivity index (χ0) is 18.4. The Balaban J connectivity index is 2.19. The van der Waals surface area contributed by atoms with E-state index in [0.29, 0.717) is 6.42 Å². The Morgan fingerprint density at radius 2 is 1.80 bits per heavy atom. The number of hydrogen-bond donors (Lipinski definition) is 1. The van der Waals surface area contributed by atoms with Crippen molar-refractivity contribution in [2.45, 2.75) is 38.5 Å². The molecule has 25 heavy (non-hydrogen) atoms. The highest BCUT2D eigenvalue weighted by Gasteiger charge is 2.34. The molecule has 0 spiro atoms. The van der Waals surface area contributed by atoms with Crippen molar-refractivity contribution < 1.29 is 17.9 Å². The lowest BCUT2D eigenvalue weighted by Gasteiger charge is -2.34. The van der Waals surface area contributed by atoms with Gasteiger partial charge in [-0.15, -0.1) is 0 Å². The molecule has 0 aliphatic rings. The van der Waals surface area contributed by atoms with Gasteiger partial charge >= 0.3 is 6.18 Å². The fraction of sp³-hybridized carbons (Fsp3) is 0.474. The zero-order valence-corrected chi connectivity index (χ0v) is 14.8. The first kappa shape index (κ1) is 19.7. The highest BCUT2D eigenvalue weighted by molar-refractivity contribution is 5.83. The maximum Gasteiger partial charge on any atom is 0.402 e. The van der Waals surface area contributed by atoms with Crippen LogP contribution in [0.15, 0.2) is 42.5 Å². The third-order valence-corrected chi connectivity index (χ3v) is 4.25. The zero-order valence-electron chi connectivity index (χ0n) is 14.8. The van der Waals surface area contributed by atoms with Gasteiger partial charge in [0.05, 0.1) is 6.61 Å². The monoisotopic (exact) mass is 354 g/mol. The number of methoxy groups -OCH3 is 1. The van der Waals surface area contributed by atoms with Gasteiger partial charge in [0, 0.05) is 19.2 Å². The molecule has 0 saturated heterocycles. The summed E-state index contributed by atoms with van der Waals surface area (Å²) in [5, 5.41) is 3.43. The molecule has 0 heterocycles. The number of ether oxygens (including phenoxy) is 1. The van der Waals surface area contributed by atoms with Crippen LogP contribution >= 0.6 is 0 Å². The van der Waals surface area contributed by atoms with E-state index < -0.39 is 12.7 Å². The van der Waals surface area contributed by atoms with Gasteiger partial charge in [-0.1, -0.05) is 43.3 Å². The summed E-state index contributed by atoms with van der Waals surface area (Å²) in [5.41, 5.74) is 3.97. The second kappa shape index (κ2) is 8.65. The third-order valence-electron chi connectivity index (χ3n) is 4.25. The maximum atomic E-state index is 13.0. The number of fused-ring (bicyclic) bond motifs is 1. The number of hydrogen-bond acceptors (Lipinski definition) is 3. The van der Waals surface area contributed by atoms with E-state index in [0.717, 1.165) is 16.3 Å². The van der Waals surface area contributed by atoms with Crippen LogP contribution in [0.5, 0.6) is 0 Å². The average Bonchev–Trinajstić information content (AvgIpc) is 2.57. The van der Waals surface area contributed by atoms with E-state index >= 15 is 0 Å². The quantitative estimate of drug-likeness (QED) is 0.696. The van der Waals surface area contributed by atoms with Crippen LogP contribution in [-0.4, -0.2) is 37.5 Å². The van der Waals surface area contributed by atoms with Crippen LogP contribution in [0.4, 0.5) is 13.2 Å². The van der Waals surface area contributed by atoms with Crippen molar-refractivity contribution >= 4 is 10.8 Å². The van der Waals surface area contributed by atoms with Crippen molar-refractivity contribution in [1.29, 1.82) is 0 Å². The minimum absolute atomic E-state index is 0.240. The molecule has 2 rings (SSSR count). The van der Waals surface area contributed by atoms with Crippen molar-refractivity contribution in [3.8, 4) is 0 Å². The van der Waals surface area contributed by atoms with Gasteiger partial charge in [0.15, 0.2) is 0 Å². The Bertz CT molecular complexity index is 675. The summed E-state index contributed by atoms with van der Waals surface area (Å²) in [6.45, 7) is 2.94. The standard InChI is InChI=1S/C19H25F3N2O/c1-4-18(12-25-3)24(13-19(20,21)22)23-14(2)16-10-9-15-7-5-6-8-17(15)11-16/h5-11,14,18,23H,4,12-13H2,1-3H3/t14?,18-/m1/s1. The molecule has 0 aromatic heterocycles. The van der Waals surface area contributed by atoms with Gasteiger partial charge in [-0.25, -0.2) is 10.4 Å². The van der Waals surface area contributed by atoms with Crippen molar-refractivity contribution in [3.05, 3.63) is 48.0 Å². The average molecular weight is 354 g/mol. The molecular weight excluding hydrogens is 329 g/mol. The first-order valence-electron chi connectivity index (χ1n) is 8.41. The summed E-state index contributed by atoms with van der Waals surface area (Å²) in [7, 11) is 1.50. The molecule has 2 aromatic rings. The molecule has 0 bridgehead atoms. The number of nitrogens with one attached hydrogen (secondary N) is 1. The molecular formula is C19H25F3N2O. The van der Waals surface area contributed by atoms with Crippen LogP contribution in [0.25, 0.3) is 10.8 Å². The Morgan fingerprint density at radius 3 is 2.40 bits per heavy atom. The van der Waals surface area contributed by atoms with Crippen LogP contribution in [0, 0.1) is 0 Å². The minimum atomic E-state index is -4.28. The van der Waals surface area contributed by atoms with E-state index in [-0.39, 0.29) is 18.7 Å². The molecule has 0 fully saturated rings. The largest absolute Gasteiger partial charge is 0.402 e. The predicted octanol–water partition coefficient (Wildman–Crippen LogP) is 4.69. The first-order valence-corrected chi connectivity index (χ1v) is 8.41. The first-order chi connectivity index (χ1) is 11.8.